The first-order chi connectivity index (χ1) is 10.4. The van der Waals surface area contributed by atoms with Gasteiger partial charge in [0, 0.05) is 40.0 Å². The molecule has 1 aromatic heterocycles. The number of rotatable bonds is 4. The van der Waals surface area contributed by atoms with Crippen molar-refractivity contribution >= 4 is 10.0 Å². The summed E-state index contributed by atoms with van der Waals surface area (Å²) in [4.78, 5) is 2.22. The van der Waals surface area contributed by atoms with Gasteiger partial charge in [0.25, 0.3) is 10.0 Å². The molecule has 0 saturated carbocycles. The van der Waals surface area contributed by atoms with E-state index in [1.807, 2.05) is 0 Å². The molecule has 8 heteroatoms. The van der Waals surface area contributed by atoms with Crippen molar-refractivity contribution in [3.63, 3.8) is 0 Å². The van der Waals surface area contributed by atoms with Crippen LogP contribution in [-0.4, -0.2) is 63.8 Å². The molecule has 2 aliphatic heterocycles. The Morgan fingerprint density at radius 3 is 2.41 bits per heavy atom. The molecule has 0 aromatic carbocycles. The first-order valence-corrected chi connectivity index (χ1v) is 8.87. The zero-order valence-corrected chi connectivity index (χ0v) is 13.8. The van der Waals surface area contributed by atoms with Gasteiger partial charge < -0.3 is 13.9 Å². The smallest absolute Gasteiger partial charge is 0.275 e. The van der Waals surface area contributed by atoms with Gasteiger partial charge in [0.2, 0.25) is 5.09 Å². The lowest BCUT2D eigenvalue weighted by Gasteiger charge is -2.37. The molecule has 2 fully saturated rings. The van der Waals surface area contributed by atoms with E-state index in [1.54, 1.807) is 6.07 Å². The van der Waals surface area contributed by atoms with Crippen LogP contribution < -0.4 is 0 Å². The Labute approximate surface area is 130 Å². The summed E-state index contributed by atoms with van der Waals surface area (Å²) in [6.45, 7) is 3.62. The third kappa shape index (κ3) is 3.07. The summed E-state index contributed by atoms with van der Waals surface area (Å²) in [5.74, 6) is 0.267. The molecule has 3 heterocycles. The fourth-order valence-corrected chi connectivity index (χ4v) is 3.63. The summed E-state index contributed by atoms with van der Waals surface area (Å²) in [6, 6.07) is 3.24. The van der Waals surface area contributed by atoms with Crippen molar-refractivity contribution in [1.82, 2.24) is 9.21 Å². The summed E-state index contributed by atoms with van der Waals surface area (Å²) < 4.78 is 42.0. The normalized spacial score (nSPS) is 22.7. The highest BCUT2D eigenvalue weighted by atomic mass is 32.2. The molecule has 2 aliphatic rings. The monoisotopic (exact) mass is 330 g/mol. The molecule has 0 amide bonds. The third-order valence-electron chi connectivity index (χ3n) is 4.18. The fraction of sp³-hybridized carbons (Fsp3) is 0.714. The van der Waals surface area contributed by atoms with Crippen LogP contribution in [0.3, 0.4) is 0 Å². The Bertz CT molecular complexity index is 609. The summed E-state index contributed by atoms with van der Waals surface area (Å²) in [5, 5.41) is -0.0107. The number of ether oxygens (including phenoxy) is 2. The molecule has 7 nitrogen and oxygen atoms in total. The molecule has 124 valence electrons. The van der Waals surface area contributed by atoms with Crippen molar-refractivity contribution in [3.05, 3.63) is 17.9 Å². The molecule has 1 aromatic rings. The van der Waals surface area contributed by atoms with Crippen molar-refractivity contribution in [3.8, 4) is 0 Å². The fourth-order valence-electron chi connectivity index (χ4n) is 2.82. The second-order valence-corrected chi connectivity index (χ2v) is 7.97. The number of sulfonamides is 1. The Balaban J connectivity index is 1.60. The molecule has 0 radical (unpaired) electrons. The van der Waals surface area contributed by atoms with Crippen molar-refractivity contribution in [2.24, 2.45) is 0 Å². The van der Waals surface area contributed by atoms with Crippen molar-refractivity contribution < 1.29 is 22.3 Å². The second-order valence-electron chi connectivity index (χ2n) is 5.89. The van der Waals surface area contributed by atoms with Crippen LogP contribution in [0.2, 0.25) is 0 Å². The highest BCUT2D eigenvalue weighted by Gasteiger charge is 2.39. The number of hydrogen-bond donors (Lipinski definition) is 0. The average Bonchev–Trinajstić information content (AvgIpc) is 3.12. The van der Waals surface area contributed by atoms with Crippen LogP contribution >= 0.6 is 0 Å². The quantitative estimate of drug-likeness (QED) is 0.816. The zero-order chi connectivity index (χ0) is 15.8. The molecule has 0 N–H and O–H groups in total. The predicted octanol–water partition coefficient (Wildman–Crippen LogP) is 0.869. The van der Waals surface area contributed by atoms with Crippen LogP contribution in [0.25, 0.3) is 0 Å². The van der Waals surface area contributed by atoms with E-state index in [4.69, 9.17) is 13.9 Å². The highest BCUT2D eigenvalue weighted by molar-refractivity contribution is 7.88. The van der Waals surface area contributed by atoms with Gasteiger partial charge in [0.15, 0.2) is 5.79 Å². The van der Waals surface area contributed by atoms with Crippen LogP contribution in [0.15, 0.2) is 21.6 Å². The molecule has 22 heavy (non-hydrogen) atoms. The van der Waals surface area contributed by atoms with Gasteiger partial charge in [-0.05, 0) is 12.1 Å². The van der Waals surface area contributed by atoms with Crippen LogP contribution in [0, 0.1) is 0 Å². The summed E-state index contributed by atoms with van der Waals surface area (Å²) in [6.07, 6.45) is 1.66. The number of piperidine rings is 1. The lowest BCUT2D eigenvalue weighted by Crippen LogP contribution is -2.44. The molecule has 1 spiro atoms. The van der Waals surface area contributed by atoms with Crippen molar-refractivity contribution in [2.45, 2.75) is 30.3 Å². The Morgan fingerprint density at radius 2 is 1.82 bits per heavy atom. The van der Waals surface area contributed by atoms with Gasteiger partial charge in [0.1, 0.15) is 5.76 Å². The zero-order valence-electron chi connectivity index (χ0n) is 12.9. The lowest BCUT2D eigenvalue weighted by atomic mass is 10.0. The SMILES string of the molecule is CN(C)S(=O)(=O)c1ccc(CN2CCC3(CC2)OCCO3)o1. The predicted molar refractivity (Wildman–Crippen MR) is 78.7 cm³/mol. The van der Waals surface area contributed by atoms with Crippen molar-refractivity contribution in [1.29, 1.82) is 0 Å². The molecule has 2 saturated heterocycles. The maximum atomic E-state index is 12.0. The van der Waals surface area contributed by atoms with Gasteiger partial charge in [-0.25, -0.2) is 12.7 Å². The van der Waals surface area contributed by atoms with E-state index in [9.17, 15) is 8.42 Å². The van der Waals surface area contributed by atoms with E-state index < -0.39 is 10.0 Å². The van der Waals surface area contributed by atoms with Gasteiger partial charge >= 0.3 is 0 Å². The minimum Gasteiger partial charge on any atom is -0.447 e. The molecular formula is C14H22N2O5S. The van der Waals surface area contributed by atoms with Crippen molar-refractivity contribution in [2.75, 3.05) is 40.4 Å². The van der Waals surface area contributed by atoms with E-state index in [0.29, 0.717) is 25.5 Å². The molecule has 0 unspecified atom stereocenters. The highest BCUT2D eigenvalue weighted by Crippen LogP contribution is 2.32. The maximum absolute atomic E-state index is 12.0. The number of hydrogen-bond acceptors (Lipinski definition) is 6. The standard InChI is InChI=1S/C14H22N2O5S/c1-15(2)22(17,18)13-4-3-12(21-13)11-16-7-5-14(6-8-16)19-9-10-20-14/h3-4H,5-11H2,1-2H3. The molecule has 0 atom stereocenters. The molecule has 0 aliphatic carbocycles. The number of nitrogens with zero attached hydrogens (tertiary/aromatic N) is 2. The Hall–Kier alpha value is -0.930. The first-order valence-electron chi connectivity index (χ1n) is 7.43. The summed E-state index contributed by atoms with van der Waals surface area (Å²) >= 11 is 0. The minimum absolute atomic E-state index is 0.0107. The van der Waals surface area contributed by atoms with E-state index in [1.165, 1.54) is 20.2 Å². The van der Waals surface area contributed by atoms with E-state index in [-0.39, 0.29) is 10.9 Å². The van der Waals surface area contributed by atoms with Gasteiger partial charge in [-0.3, -0.25) is 4.90 Å². The van der Waals surface area contributed by atoms with Gasteiger partial charge in [0.05, 0.1) is 19.8 Å². The second kappa shape index (κ2) is 5.93. The Kier molecular flexibility index (Phi) is 4.30. The minimum atomic E-state index is -3.51. The van der Waals surface area contributed by atoms with Crippen LogP contribution in [0.1, 0.15) is 18.6 Å². The first kappa shape index (κ1) is 15.9. The largest absolute Gasteiger partial charge is 0.447 e. The number of likely N-dealkylation sites (tertiary alicyclic amines) is 1. The molecular weight excluding hydrogens is 308 g/mol. The van der Waals surface area contributed by atoms with E-state index in [2.05, 4.69) is 4.90 Å². The maximum Gasteiger partial charge on any atom is 0.275 e. The topological polar surface area (TPSA) is 72.2 Å². The Morgan fingerprint density at radius 1 is 1.18 bits per heavy atom. The summed E-state index contributed by atoms with van der Waals surface area (Å²) in [5.41, 5.74) is 0. The van der Waals surface area contributed by atoms with Crippen LogP contribution in [0.4, 0.5) is 0 Å². The summed E-state index contributed by atoms with van der Waals surface area (Å²) in [7, 11) is -0.528. The number of furan rings is 1. The van der Waals surface area contributed by atoms with Crippen LogP contribution in [0.5, 0.6) is 0 Å². The van der Waals surface area contributed by atoms with Gasteiger partial charge in [-0.15, -0.1) is 0 Å². The van der Waals surface area contributed by atoms with E-state index >= 15 is 0 Å². The molecule has 0 bridgehead atoms. The lowest BCUT2D eigenvalue weighted by molar-refractivity contribution is -0.186. The van der Waals surface area contributed by atoms with Gasteiger partial charge in [-0.2, -0.15) is 0 Å². The van der Waals surface area contributed by atoms with Gasteiger partial charge in [-0.1, -0.05) is 0 Å². The molecule has 3 rings (SSSR count). The van der Waals surface area contributed by atoms with E-state index in [0.717, 1.165) is 30.2 Å². The van der Waals surface area contributed by atoms with Crippen LogP contribution in [-0.2, 0) is 26.0 Å². The third-order valence-corrected chi connectivity index (χ3v) is 5.87. The average molecular weight is 330 g/mol.